The first-order valence-electron chi connectivity index (χ1n) is 13.3. The lowest BCUT2D eigenvalue weighted by Gasteiger charge is -2.19. The van der Waals surface area contributed by atoms with Gasteiger partial charge < -0.3 is 13.9 Å². The Balaban J connectivity index is 1.62. The van der Waals surface area contributed by atoms with Crippen molar-refractivity contribution in [1.29, 1.82) is 0 Å². The number of nitrogens with zero attached hydrogens (tertiary/aromatic N) is 5. The summed E-state index contributed by atoms with van der Waals surface area (Å²) in [5.41, 5.74) is 11.2. The van der Waals surface area contributed by atoms with Crippen molar-refractivity contribution in [2.45, 2.75) is 36.5 Å². The second-order valence-electron chi connectivity index (χ2n) is 9.95. The summed E-state index contributed by atoms with van der Waals surface area (Å²) in [6.45, 7) is 1.46. The lowest BCUT2D eigenvalue weighted by Crippen LogP contribution is -2.39. The summed E-state index contributed by atoms with van der Waals surface area (Å²) in [5.74, 6) is -0.316. The van der Waals surface area contributed by atoms with Gasteiger partial charge in [-0.25, -0.2) is 8.42 Å². The van der Waals surface area contributed by atoms with Crippen LogP contribution >= 0.6 is 23.4 Å². The number of oxazole rings is 1. The maximum Gasteiger partial charge on any atom is 0.374 e. The minimum atomic E-state index is -4.76. The van der Waals surface area contributed by atoms with Gasteiger partial charge in [-0.2, -0.15) is 13.0 Å². The molecule has 1 N–H and O–H groups in total. The predicted octanol–water partition coefficient (Wildman–Crippen LogP) is 6.23. The highest BCUT2D eigenvalue weighted by Crippen LogP contribution is 2.47. The van der Waals surface area contributed by atoms with E-state index >= 15 is 0 Å². The van der Waals surface area contributed by atoms with E-state index in [4.69, 9.17) is 21.5 Å². The first-order chi connectivity index (χ1) is 20.9. The fraction of sp³-hybridized carbons (Fsp3) is 0.250. The van der Waals surface area contributed by atoms with Crippen molar-refractivity contribution in [3.8, 4) is 0 Å². The van der Waals surface area contributed by atoms with Crippen LogP contribution < -0.4 is 9.47 Å². The molecule has 0 saturated heterocycles. The lowest BCUT2D eigenvalue weighted by molar-refractivity contribution is -0.677. The molecule has 0 spiro atoms. The summed E-state index contributed by atoms with van der Waals surface area (Å²) in [4.78, 5) is 4.83. The van der Waals surface area contributed by atoms with Crippen LogP contribution in [0.25, 0.3) is 38.4 Å². The predicted molar refractivity (Wildman–Crippen MR) is 169 cm³/mol. The van der Waals surface area contributed by atoms with Crippen molar-refractivity contribution < 1.29 is 34.9 Å². The molecule has 0 aliphatic carbocycles. The summed E-state index contributed by atoms with van der Waals surface area (Å²) in [5, 5.41) is 4.59. The molecule has 0 fully saturated rings. The van der Waals surface area contributed by atoms with E-state index in [9.17, 15) is 25.9 Å². The molecule has 1 aromatic heterocycles. The lowest BCUT2D eigenvalue weighted by atomic mass is 10.1. The molecule has 1 aliphatic rings. The topological polar surface area (TPSA) is 181 Å². The van der Waals surface area contributed by atoms with Crippen molar-refractivity contribution in [3.05, 3.63) is 92.6 Å². The molecule has 0 saturated carbocycles. The third-order valence-electron chi connectivity index (χ3n) is 7.06. The number of aromatic nitrogens is 1. The third-order valence-corrected chi connectivity index (χ3v) is 10.2. The molecule has 0 bridgehead atoms. The molecule has 0 radical (unpaired) electrons. The highest BCUT2D eigenvalue weighted by atomic mass is 35.5. The van der Waals surface area contributed by atoms with Crippen molar-refractivity contribution in [2.75, 3.05) is 17.3 Å². The van der Waals surface area contributed by atoms with Crippen molar-refractivity contribution in [2.24, 2.45) is 5.11 Å². The van der Waals surface area contributed by atoms with Crippen LogP contribution in [0.2, 0.25) is 5.02 Å². The SMILES string of the molecule is CCC(=Cc1oc2ccc3ccccc3c2[n+]1CCC(CN=[N+]=[N-])S(=O)(=O)[O-])C=C1Sc2ccc(Cl)cc2N1CS(=O)(=O)O. The van der Waals surface area contributed by atoms with Gasteiger partial charge in [-0.3, -0.25) is 4.55 Å². The van der Waals surface area contributed by atoms with E-state index in [1.807, 2.05) is 37.3 Å². The minimum Gasteiger partial charge on any atom is -0.748 e. The first-order valence-corrected chi connectivity index (χ1v) is 17.6. The number of thioether (sulfide) groups is 1. The zero-order chi connectivity index (χ0) is 31.6. The Kier molecular flexibility index (Phi) is 9.28. The fourth-order valence-corrected chi connectivity index (χ4v) is 7.59. The second-order valence-corrected chi connectivity index (χ2v) is 14.5. The van der Waals surface area contributed by atoms with Crippen LogP contribution in [0.4, 0.5) is 5.69 Å². The molecule has 16 heteroatoms. The molecule has 12 nitrogen and oxygen atoms in total. The number of rotatable bonds is 11. The highest BCUT2D eigenvalue weighted by molar-refractivity contribution is 8.03. The summed E-state index contributed by atoms with van der Waals surface area (Å²) in [7, 11) is -9.16. The van der Waals surface area contributed by atoms with Gasteiger partial charge >= 0.3 is 5.89 Å². The molecule has 230 valence electrons. The molecule has 0 amide bonds. The molecule has 4 aromatic rings. The van der Waals surface area contributed by atoms with E-state index in [-0.39, 0.29) is 13.0 Å². The largest absolute Gasteiger partial charge is 0.748 e. The van der Waals surface area contributed by atoms with Gasteiger partial charge in [-0.1, -0.05) is 59.7 Å². The van der Waals surface area contributed by atoms with Gasteiger partial charge in [-0.15, -0.1) is 0 Å². The monoisotopic (exact) mass is 675 g/mol. The molecule has 1 aliphatic heterocycles. The Morgan fingerprint density at radius 3 is 2.70 bits per heavy atom. The van der Waals surface area contributed by atoms with Gasteiger partial charge in [0.25, 0.3) is 15.6 Å². The quantitative estimate of drug-likeness (QED) is 0.0633. The Bertz CT molecular complexity index is 2090. The zero-order valence-corrected chi connectivity index (χ0v) is 26.4. The van der Waals surface area contributed by atoms with E-state index < -0.39 is 37.9 Å². The van der Waals surface area contributed by atoms with Gasteiger partial charge in [0.2, 0.25) is 5.58 Å². The van der Waals surface area contributed by atoms with Crippen LogP contribution in [0.5, 0.6) is 0 Å². The van der Waals surface area contributed by atoms with Gasteiger partial charge in [0.05, 0.1) is 37.5 Å². The number of hydrogen-bond acceptors (Lipinski definition) is 9. The molecule has 2 heterocycles. The standard InChI is InChI=1S/C28H26ClN5O7S3/c1-2-18(14-27-34(17-43(35,36)37)23-15-20(29)8-10-25(23)42-27)13-26-33(12-11-21(16-31-32-30)44(38,39)40)28-22-6-4-3-5-19(22)7-9-24(28)41-26/h3-10,13-15,21H,2,11-12,16-17H2,1H3,(H-,35,36,37,38,39,40). The number of anilines is 1. The van der Waals surface area contributed by atoms with Crippen LogP contribution in [-0.2, 0) is 26.8 Å². The minimum absolute atomic E-state index is 0.0566. The Morgan fingerprint density at radius 1 is 1.23 bits per heavy atom. The van der Waals surface area contributed by atoms with Crippen molar-refractivity contribution >= 4 is 77.2 Å². The highest BCUT2D eigenvalue weighted by Gasteiger charge is 2.30. The van der Waals surface area contributed by atoms with Crippen LogP contribution in [0, 0.1) is 0 Å². The van der Waals surface area contributed by atoms with Crippen LogP contribution in [0.15, 0.2) is 85.7 Å². The van der Waals surface area contributed by atoms with E-state index in [1.165, 1.54) is 16.7 Å². The Hall–Kier alpha value is -3.56. The number of halogens is 1. The van der Waals surface area contributed by atoms with Gasteiger partial charge in [-0.05, 0) is 59.3 Å². The summed E-state index contributed by atoms with van der Waals surface area (Å²) < 4.78 is 77.4. The Labute approximate surface area is 262 Å². The second kappa shape index (κ2) is 12.8. The molecular formula is C28H26ClN5O7S3. The van der Waals surface area contributed by atoms with Crippen molar-refractivity contribution in [1.82, 2.24) is 0 Å². The van der Waals surface area contributed by atoms with Crippen LogP contribution in [0.3, 0.4) is 0 Å². The van der Waals surface area contributed by atoms with Gasteiger partial charge in [0.15, 0.2) is 12.4 Å². The molecule has 1 unspecified atom stereocenters. The fourth-order valence-electron chi connectivity index (χ4n) is 4.97. The van der Waals surface area contributed by atoms with E-state index in [1.54, 1.807) is 41.0 Å². The average Bonchev–Trinajstić information content (AvgIpc) is 3.48. The maximum absolute atomic E-state index is 12.0. The smallest absolute Gasteiger partial charge is 0.374 e. The molecular weight excluding hydrogens is 650 g/mol. The summed E-state index contributed by atoms with van der Waals surface area (Å²) in [6, 6.07) is 16.4. The molecule has 3 aromatic carbocycles. The summed E-state index contributed by atoms with van der Waals surface area (Å²) >= 11 is 7.50. The van der Waals surface area contributed by atoms with Gasteiger partial charge in [0.1, 0.15) is 0 Å². The Morgan fingerprint density at radius 2 is 2.00 bits per heavy atom. The number of fused-ring (bicyclic) bond motifs is 4. The van der Waals surface area contributed by atoms with Crippen molar-refractivity contribution in [3.63, 3.8) is 0 Å². The average molecular weight is 676 g/mol. The summed E-state index contributed by atoms with van der Waals surface area (Å²) in [6.07, 6.45) is 3.90. The van der Waals surface area contributed by atoms with E-state index in [2.05, 4.69) is 10.0 Å². The third kappa shape index (κ3) is 7.05. The van der Waals surface area contributed by atoms with Gasteiger partial charge in [0, 0.05) is 27.8 Å². The van der Waals surface area contributed by atoms with E-state index in [0.717, 1.165) is 21.2 Å². The van der Waals surface area contributed by atoms with E-state index in [0.29, 0.717) is 39.2 Å². The molecule has 1 atom stereocenters. The molecule has 44 heavy (non-hydrogen) atoms. The maximum atomic E-state index is 12.0. The normalized spacial score (nSPS) is 15.6. The first kappa shape index (κ1) is 31.9. The number of azide groups is 1. The zero-order valence-electron chi connectivity index (χ0n) is 23.2. The van der Waals surface area contributed by atoms with Crippen LogP contribution in [0.1, 0.15) is 25.7 Å². The number of aryl methyl sites for hydroxylation is 1. The molecule has 5 rings (SSSR count). The number of allylic oxidation sites excluding steroid dienone is 2. The number of hydrogen-bond donors (Lipinski definition) is 1. The number of benzene rings is 3. The van der Waals surface area contributed by atoms with Crippen LogP contribution in [-0.4, -0.2) is 43.6 Å².